The molecule has 2 amide bonds. The number of amides is 2. The zero-order valence-corrected chi connectivity index (χ0v) is 24.1. The Morgan fingerprint density at radius 1 is 0.805 bits per heavy atom. The van der Waals surface area contributed by atoms with Gasteiger partial charge in [-0.25, -0.2) is 0 Å². The summed E-state index contributed by atoms with van der Waals surface area (Å²) in [5.74, 6) is -0.106. The van der Waals surface area contributed by atoms with E-state index in [0.29, 0.717) is 18.7 Å². The van der Waals surface area contributed by atoms with Gasteiger partial charge in [0, 0.05) is 50.7 Å². The Morgan fingerprint density at radius 3 is 2.07 bits per heavy atom. The van der Waals surface area contributed by atoms with Crippen molar-refractivity contribution in [3.8, 4) is 16.9 Å². The van der Waals surface area contributed by atoms with Gasteiger partial charge in [0.2, 0.25) is 5.91 Å². The van der Waals surface area contributed by atoms with E-state index in [4.69, 9.17) is 4.74 Å². The molecule has 41 heavy (non-hydrogen) atoms. The molecule has 3 N–H and O–H groups in total. The largest absolute Gasteiger partial charge is 0.497 e. The van der Waals surface area contributed by atoms with Crippen molar-refractivity contribution in [3.63, 3.8) is 0 Å². The monoisotopic (exact) mass is 550 g/mol. The molecule has 0 radical (unpaired) electrons. The Hall–Kier alpha value is -4.78. The molecule has 0 bridgehead atoms. The highest BCUT2D eigenvalue weighted by Gasteiger charge is 2.22. The van der Waals surface area contributed by atoms with Gasteiger partial charge in [0.05, 0.1) is 13.0 Å². The number of benzene rings is 4. The maximum Gasteiger partial charge on any atom is 0.251 e. The van der Waals surface area contributed by atoms with E-state index in [1.54, 1.807) is 13.2 Å². The summed E-state index contributed by atoms with van der Waals surface area (Å²) < 4.78 is 5.20. The van der Waals surface area contributed by atoms with Gasteiger partial charge in [-0.05, 0) is 72.1 Å². The standard InChI is InChI=1S/C34H38N4O3/c1-24-6-5-7-28(22-24)33(39)37-23-32(34(40)36-21-20-35-29-14-18-31(41-4)19-15-29)27-10-8-25(9-11-27)26-12-16-30(17-13-26)38(2)3/h5-19,22,32,35H,20-21,23H2,1-4H3,(H,36,40)(H,37,39). The van der Waals surface area contributed by atoms with Crippen LogP contribution < -0.4 is 25.6 Å². The number of anilines is 2. The van der Waals surface area contributed by atoms with Crippen molar-refractivity contribution < 1.29 is 14.3 Å². The lowest BCUT2D eigenvalue weighted by atomic mass is 9.95. The second kappa shape index (κ2) is 14.0. The molecule has 0 aliphatic heterocycles. The van der Waals surface area contributed by atoms with Gasteiger partial charge >= 0.3 is 0 Å². The van der Waals surface area contributed by atoms with Gasteiger partial charge in [-0.1, -0.05) is 54.1 Å². The van der Waals surface area contributed by atoms with E-state index >= 15 is 0 Å². The van der Waals surface area contributed by atoms with E-state index < -0.39 is 5.92 Å². The highest BCUT2D eigenvalue weighted by atomic mass is 16.5. The van der Waals surface area contributed by atoms with Crippen LogP contribution in [0.15, 0.2) is 97.1 Å². The first-order valence-electron chi connectivity index (χ1n) is 13.7. The lowest BCUT2D eigenvalue weighted by Crippen LogP contribution is -2.39. The average molecular weight is 551 g/mol. The Kier molecular flexibility index (Phi) is 9.99. The topological polar surface area (TPSA) is 82.7 Å². The van der Waals surface area contributed by atoms with Crippen molar-refractivity contribution >= 4 is 23.2 Å². The Balaban J connectivity index is 1.44. The molecule has 7 heteroatoms. The fraction of sp³-hybridized carbons (Fsp3) is 0.235. The smallest absolute Gasteiger partial charge is 0.251 e. The summed E-state index contributed by atoms with van der Waals surface area (Å²) in [5, 5.41) is 9.29. The van der Waals surface area contributed by atoms with E-state index in [0.717, 1.165) is 39.4 Å². The highest BCUT2D eigenvalue weighted by molar-refractivity contribution is 5.95. The predicted molar refractivity (Wildman–Crippen MR) is 167 cm³/mol. The maximum atomic E-state index is 13.4. The molecule has 0 aromatic heterocycles. The summed E-state index contributed by atoms with van der Waals surface area (Å²) in [6.07, 6.45) is 0. The number of hydrogen-bond acceptors (Lipinski definition) is 5. The summed E-state index contributed by atoms with van der Waals surface area (Å²) in [4.78, 5) is 28.3. The number of hydrogen-bond donors (Lipinski definition) is 3. The first kappa shape index (κ1) is 29.2. The fourth-order valence-electron chi connectivity index (χ4n) is 4.53. The highest BCUT2D eigenvalue weighted by Crippen LogP contribution is 2.25. The minimum atomic E-state index is -0.546. The third-order valence-corrected chi connectivity index (χ3v) is 6.94. The molecule has 0 aliphatic rings. The van der Waals surface area contributed by atoms with Gasteiger partial charge in [-0.3, -0.25) is 9.59 Å². The molecule has 4 aromatic carbocycles. The molecule has 0 fully saturated rings. The van der Waals surface area contributed by atoms with E-state index in [-0.39, 0.29) is 18.4 Å². The fourth-order valence-corrected chi connectivity index (χ4v) is 4.53. The van der Waals surface area contributed by atoms with Crippen LogP contribution in [-0.2, 0) is 4.79 Å². The van der Waals surface area contributed by atoms with Crippen LogP contribution in [0, 0.1) is 6.92 Å². The first-order chi connectivity index (χ1) is 19.8. The van der Waals surface area contributed by atoms with Crippen LogP contribution in [0.5, 0.6) is 5.75 Å². The molecule has 212 valence electrons. The number of methoxy groups -OCH3 is 1. The van der Waals surface area contributed by atoms with Crippen LogP contribution in [0.4, 0.5) is 11.4 Å². The quantitative estimate of drug-likeness (QED) is 0.204. The van der Waals surface area contributed by atoms with Crippen molar-refractivity contribution in [1.82, 2.24) is 10.6 Å². The number of ether oxygens (including phenoxy) is 1. The second-order valence-electron chi connectivity index (χ2n) is 10.1. The molecule has 0 aliphatic carbocycles. The van der Waals surface area contributed by atoms with Crippen molar-refractivity contribution in [2.24, 2.45) is 0 Å². The van der Waals surface area contributed by atoms with Crippen molar-refractivity contribution in [1.29, 1.82) is 0 Å². The summed E-state index contributed by atoms with van der Waals surface area (Å²) in [6.45, 7) is 3.12. The van der Waals surface area contributed by atoms with E-state index in [2.05, 4.69) is 45.1 Å². The molecular weight excluding hydrogens is 512 g/mol. The van der Waals surface area contributed by atoms with Crippen LogP contribution in [-0.4, -0.2) is 52.7 Å². The van der Waals surface area contributed by atoms with Crippen LogP contribution in [0.1, 0.15) is 27.4 Å². The molecule has 0 heterocycles. The molecule has 1 atom stereocenters. The Bertz CT molecular complexity index is 1430. The Labute approximate surface area is 242 Å². The SMILES string of the molecule is COc1ccc(NCCNC(=O)C(CNC(=O)c2cccc(C)c2)c2ccc(-c3ccc(N(C)C)cc3)cc2)cc1. The van der Waals surface area contributed by atoms with E-state index in [1.807, 2.05) is 87.7 Å². The summed E-state index contributed by atoms with van der Waals surface area (Å²) in [6, 6.07) is 31.4. The zero-order chi connectivity index (χ0) is 29.2. The zero-order valence-electron chi connectivity index (χ0n) is 24.1. The minimum Gasteiger partial charge on any atom is -0.497 e. The number of nitrogens with zero attached hydrogens (tertiary/aromatic N) is 1. The minimum absolute atomic E-state index is 0.144. The van der Waals surface area contributed by atoms with Gasteiger partial charge in [0.15, 0.2) is 0 Å². The molecule has 1 unspecified atom stereocenters. The number of rotatable bonds is 12. The van der Waals surface area contributed by atoms with Gasteiger partial charge < -0.3 is 25.6 Å². The summed E-state index contributed by atoms with van der Waals surface area (Å²) in [5.41, 5.74) is 6.65. The third kappa shape index (κ3) is 8.11. The van der Waals surface area contributed by atoms with Crippen molar-refractivity contribution in [3.05, 3.63) is 114 Å². The van der Waals surface area contributed by atoms with Crippen LogP contribution in [0.25, 0.3) is 11.1 Å². The summed E-state index contributed by atoms with van der Waals surface area (Å²) >= 11 is 0. The molecule has 4 rings (SSSR count). The molecule has 4 aromatic rings. The number of nitrogens with one attached hydrogen (secondary N) is 3. The molecule has 0 saturated carbocycles. The van der Waals surface area contributed by atoms with Crippen molar-refractivity contribution in [2.45, 2.75) is 12.8 Å². The molecular formula is C34H38N4O3. The molecule has 0 spiro atoms. The first-order valence-corrected chi connectivity index (χ1v) is 13.7. The number of carbonyl (C=O) groups is 2. The summed E-state index contributed by atoms with van der Waals surface area (Å²) in [7, 11) is 5.66. The second-order valence-corrected chi connectivity index (χ2v) is 10.1. The van der Waals surface area contributed by atoms with Crippen LogP contribution in [0.2, 0.25) is 0 Å². The molecule has 0 saturated heterocycles. The van der Waals surface area contributed by atoms with Crippen LogP contribution in [0.3, 0.4) is 0 Å². The van der Waals surface area contributed by atoms with Gasteiger partial charge in [-0.2, -0.15) is 0 Å². The molecule has 7 nitrogen and oxygen atoms in total. The van der Waals surface area contributed by atoms with Gasteiger partial charge in [0.25, 0.3) is 5.91 Å². The number of aryl methyl sites for hydroxylation is 1. The van der Waals surface area contributed by atoms with E-state index in [9.17, 15) is 9.59 Å². The number of carbonyl (C=O) groups excluding carboxylic acids is 2. The lowest BCUT2D eigenvalue weighted by molar-refractivity contribution is -0.122. The van der Waals surface area contributed by atoms with E-state index in [1.165, 1.54) is 0 Å². The normalized spacial score (nSPS) is 11.3. The third-order valence-electron chi connectivity index (χ3n) is 6.94. The van der Waals surface area contributed by atoms with Crippen LogP contribution >= 0.6 is 0 Å². The maximum absolute atomic E-state index is 13.4. The average Bonchev–Trinajstić information content (AvgIpc) is 3.00. The van der Waals surface area contributed by atoms with Gasteiger partial charge in [0.1, 0.15) is 5.75 Å². The van der Waals surface area contributed by atoms with Crippen molar-refractivity contribution in [2.75, 3.05) is 51.1 Å². The van der Waals surface area contributed by atoms with Gasteiger partial charge in [-0.15, -0.1) is 0 Å². The predicted octanol–water partition coefficient (Wildman–Crippen LogP) is 5.48. The lowest BCUT2D eigenvalue weighted by Gasteiger charge is -2.19. The Morgan fingerprint density at radius 2 is 1.46 bits per heavy atom.